The Bertz CT molecular complexity index is 1260. The topological polar surface area (TPSA) is 131 Å². The van der Waals surface area contributed by atoms with Gasteiger partial charge in [-0.05, 0) is 75.3 Å². The first-order valence-corrected chi connectivity index (χ1v) is 14.1. The maximum Gasteiger partial charge on any atom is 0.414 e. The van der Waals surface area contributed by atoms with E-state index in [1.807, 2.05) is 0 Å². The Labute approximate surface area is 214 Å². The molecule has 0 bridgehead atoms. The molecule has 0 spiro atoms. The number of amides is 3. The lowest BCUT2D eigenvalue weighted by molar-refractivity contribution is -0.119. The molecule has 2 aromatic rings. The minimum atomic E-state index is -3.92. The normalized spacial score (nSPS) is 17.8. The quantitative estimate of drug-likeness (QED) is 0.556. The molecule has 36 heavy (non-hydrogen) atoms. The number of alkyl carbamates (subject to hydrolysis) is 1. The number of methoxy groups -OCH3 is 1. The van der Waals surface area contributed by atoms with Crippen LogP contribution in [0.4, 0.5) is 9.80 Å². The number of sulfonamides is 1. The van der Waals surface area contributed by atoms with E-state index in [9.17, 15) is 22.8 Å². The SMILES string of the molecule is CCOC(=O)NC(=O)c1c(NC(=O)C2CCCN2S(=O)(=O)c2ccc(OC)cc2)sc2c1CCCC2. The number of hydrogen-bond donors (Lipinski definition) is 2. The molecule has 1 aromatic carbocycles. The molecule has 0 radical (unpaired) electrons. The number of carbonyl (C=O) groups is 3. The molecule has 1 fully saturated rings. The summed E-state index contributed by atoms with van der Waals surface area (Å²) in [6, 6.07) is 5.10. The Morgan fingerprint density at radius 2 is 1.83 bits per heavy atom. The van der Waals surface area contributed by atoms with E-state index in [0.717, 1.165) is 29.7 Å². The number of aryl methyl sites for hydroxylation is 1. The number of fused-ring (bicyclic) bond motifs is 1. The lowest BCUT2D eigenvalue weighted by atomic mass is 9.95. The first kappa shape index (κ1) is 26.1. The van der Waals surface area contributed by atoms with Gasteiger partial charge in [-0.3, -0.25) is 14.9 Å². The number of nitrogens with one attached hydrogen (secondary N) is 2. The fraction of sp³-hybridized carbons (Fsp3) is 0.458. The van der Waals surface area contributed by atoms with Crippen molar-refractivity contribution in [3.63, 3.8) is 0 Å². The van der Waals surface area contributed by atoms with Crippen LogP contribution in [0.3, 0.4) is 0 Å². The number of imide groups is 1. The second-order valence-corrected chi connectivity index (χ2v) is 11.5. The molecule has 0 saturated carbocycles. The van der Waals surface area contributed by atoms with Gasteiger partial charge in [-0.25, -0.2) is 13.2 Å². The molecule has 1 unspecified atom stereocenters. The molecule has 1 saturated heterocycles. The molecule has 1 aliphatic heterocycles. The van der Waals surface area contributed by atoms with E-state index in [2.05, 4.69) is 10.6 Å². The minimum Gasteiger partial charge on any atom is -0.497 e. The van der Waals surface area contributed by atoms with Crippen LogP contribution in [0, 0.1) is 0 Å². The zero-order valence-corrected chi connectivity index (χ0v) is 21.8. The average molecular weight is 536 g/mol. The molecule has 3 amide bonds. The van der Waals surface area contributed by atoms with Crippen LogP contribution in [-0.4, -0.2) is 56.9 Å². The van der Waals surface area contributed by atoms with Crippen LogP contribution < -0.4 is 15.4 Å². The van der Waals surface area contributed by atoms with Crippen LogP contribution in [-0.2, 0) is 32.4 Å². The van der Waals surface area contributed by atoms with Gasteiger partial charge in [0.15, 0.2) is 0 Å². The van der Waals surface area contributed by atoms with Crippen molar-refractivity contribution in [1.29, 1.82) is 0 Å². The molecule has 194 valence electrons. The Balaban J connectivity index is 1.58. The van der Waals surface area contributed by atoms with Gasteiger partial charge in [-0.2, -0.15) is 4.31 Å². The van der Waals surface area contributed by atoms with E-state index in [1.165, 1.54) is 34.9 Å². The third-order valence-electron chi connectivity index (χ3n) is 6.30. The molecule has 10 nitrogen and oxygen atoms in total. The van der Waals surface area contributed by atoms with Crippen molar-refractivity contribution in [1.82, 2.24) is 9.62 Å². The second kappa shape index (κ2) is 11.0. The zero-order valence-electron chi connectivity index (χ0n) is 20.2. The number of nitrogens with zero attached hydrogens (tertiary/aromatic N) is 1. The highest BCUT2D eigenvalue weighted by atomic mass is 32.2. The molecule has 12 heteroatoms. The van der Waals surface area contributed by atoms with E-state index >= 15 is 0 Å². The lowest BCUT2D eigenvalue weighted by Crippen LogP contribution is -2.43. The summed E-state index contributed by atoms with van der Waals surface area (Å²) >= 11 is 1.30. The number of thiophene rings is 1. The maximum atomic E-state index is 13.4. The van der Waals surface area contributed by atoms with Crippen molar-refractivity contribution in [2.45, 2.75) is 56.4 Å². The zero-order chi connectivity index (χ0) is 25.9. The fourth-order valence-electron chi connectivity index (χ4n) is 4.58. The molecule has 4 rings (SSSR count). The number of carbonyl (C=O) groups excluding carboxylic acids is 3. The Morgan fingerprint density at radius 3 is 2.53 bits per heavy atom. The molecule has 2 aliphatic rings. The van der Waals surface area contributed by atoms with Crippen LogP contribution in [0.15, 0.2) is 29.2 Å². The summed E-state index contributed by atoms with van der Waals surface area (Å²) < 4.78 is 37.8. The highest BCUT2D eigenvalue weighted by Gasteiger charge is 2.40. The van der Waals surface area contributed by atoms with Gasteiger partial charge in [0, 0.05) is 11.4 Å². The fourth-order valence-corrected chi connectivity index (χ4v) is 7.53. The molecule has 2 N–H and O–H groups in total. The molecule has 1 aromatic heterocycles. The van der Waals surface area contributed by atoms with Crippen molar-refractivity contribution in [2.75, 3.05) is 25.6 Å². The van der Waals surface area contributed by atoms with E-state index in [1.54, 1.807) is 19.1 Å². The van der Waals surface area contributed by atoms with Gasteiger partial charge in [0.25, 0.3) is 5.91 Å². The van der Waals surface area contributed by atoms with Gasteiger partial charge < -0.3 is 14.8 Å². The summed E-state index contributed by atoms with van der Waals surface area (Å²) in [6.07, 6.45) is 3.33. The molecular weight excluding hydrogens is 506 g/mol. The molecule has 1 atom stereocenters. The minimum absolute atomic E-state index is 0.0732. The summed E-state index contributed by atoms with van der Waals surface area (Å²) in [5.41, 5.74) is 1.07. The third kappa shape index (κ3) is 5.25. The van der Waals surface area contributed by atoms with E-state index < -0.39 is 34.0 Å². The van der Waals surface area contributed by atoms with E-state index in [0.29, 0.717) is 30.0 Å². The van der Waals surface area contributed by atoms with Gasteiger partial charge >= 0.3 is 6.09 Å². The van der Waals surface area contributed by atoms with Crippen molar-refractivity contribution in [3.05, 3.63) is 40.3 Å². The number of rotatable bonds is 7. The van der Waals surface area contributed by atoms with E-state index in [-0.39, 0.29) is 23.6 Å². The van der Waals surface area contributed by atoms with Gasteiger partial charge in [-0.15, -0.1) is 11.3 Å². The number of benzene rings is 1. The second-order valence-electron chi connectivity index (χ2n) is 8.53. The largest absolute Gasteiger partial charge is 0.497 e. The van der Waals surface area contributed by atoms with Crippen LogP contribution >= 0.6 is 11.3 Å². The summed E-state index contributed by atoms with van der Waals surface area (Å²) in [4.78, 5) is 39.3. The maximum absolute atomic E-state index is 13.4. The average Bonchev–Trinajstić information content (AvgIpc) is 3.49. The molecular formula is C24H29N3O7S2. The monoisotopic (exact) mass is 535 g/mol. The smallest absolute Gasteiger partial charge is 0.414 e. The van der Waals surface area contributed by atoms with Crippen LogP contribution in [0.25, 0.3) is 0 Å². The highest BCUT2D eigenvalue weighted by Crippen LogP contribution is 2.39. The number of ether oxygens (including phenoxy) is 2. The standard InChI is InChI=1S/C24H29N3O7S2/c1-3-34-24(30)26-22(29)20-17-7-4-5-9-19(17)35-23(20)25-21(28)18-8-6-14-27(18)36(31,32)16-12-10-15(33-2)11-13-16/h10-13,18H,3-9,14H2,1-2H3,(H,25,28)(H,26,29,30). The van der Waals surface area contributed by atoms with Gasteiger partial charge in [0.2, 0.25) is 15.9 Å². The predicted octanol–water partition coefficient (Wildman–Crippen LogP) is 3.31. The van der Waals surface area contributed by atoms with Crippen LogP contribution in [0.1, 0.15) is 53.4 Å². The molecule has 1 aliphatic carbocycles. The number of anilines is 1. The van der Waals surface area contributed by atoms with Gasteiger partial charge in [0.05, 0.1) is 24.2 Å². The third-order valence-corrected chi connectivity index (χ3v) is 9.43. The van der Waals surface area contributed by atoms with Crippen molar-refractivity contribution >= 4 is 44.3 Å². The Morgan fingerprint density at radius 1 is 1.11 bits per heavy atom. The highest BCUT2D eigenvalue weighted by molar-refractivity contribution is 7.89. The number of hydrogen-bond acceptors (Lipinski definition) is 8. The Hall–Kier alpha value is -2.96. The first-order valence-electron chi connectivity index (χ1n) is 11.9. The lowest BCUT2D eigenvalue weighted by Gasteiger charge is -2.23. The van der Waals surface area contributed by atoms with Crippen LogP contribution in [0.2, 0.25) is 0 Å². The first-order chi connectivity index (χ1) is 17.3. The van der Waals surface area contributed by atoms with Crippen molar-refractivity contribution < 1.29 is 32.3 Å². The Kier molecular flexibility index (Phi) is 7.96. The summed E-state index contributed by atoms with van der Waals surface area (Å²) in [5.74, 6) is -0.620. The van der Waals surface area contributed by atoms with Gasteiger partial charge in [-0.1, -0.05) is 0 Å². The summed E-state index contributed by atoms with van der Waals surface area (Å²) in [5, 5.41) is 5.35. The molecule has 2 heterocycles. The van der Waals surface area contributed by atoms with E-state index in [4.69, 9.17) is 9.47 Å². The van der Waals surface area contributed by atoms with Crippen molar-refractivity contribution in [2.24, 2.45) is 0 Å². The van der Waals surface area contributed by atoms with Gasteiger partial charge in [0.1, 0.15) is 16.8 Å². The van der Waals surface area contributed by atoms with Crippen LogP contribution in [0.5, 0.6) is 5.75 Å². The summed E-state index contributed by atoms with van der Waals surface area (Å²) in [7, 11) is -2.43. The predicted molar refractivity (Wildman–Crippen MR) is 134 cm³/mol. The van der Waals surface area contributed by atoms with Crippen molar-refractivity contribution in [3.8, 4) is 5.75 Å². The summed E-state index contributed by atoms with van der Waals surface area (Å²) in [6.45, 7) is 1.96.